The van der Waals surface area contributed by atoms with Gasteiger partial charge in [0.1, 0.15) is 5.82 Å². The Hall–Kier alpha value is -2.71. The fourth-order valence-corrected chi connectivity index (χ4v) is 3.89. The second-order valence-corrected chi connectivity index (χ2v) is 8.67. The zero-order valence-corrected chi connectivity index (χ0v) is 17.5. The fourth-order valence-electron chi connectivity index (χ4n) is 3.36. The van der Waals surface area contributed by atoms with Gasteiger partial charge in [0.25, 0.3) is 0 Å². The van der Waals surface area contributed by atoms with Gasteiger partial charge in [0.15, 0.2) is 0 Å². The molecular weight excluding hydrogens is 388 g/mol. The topological polar surface area (TPSA) is 98.3 Å². The highest BCUT2D eigenvalue weighted by atomic mass is 32.2. The molecule has 0 atom stereocenters. The first-order valence-corrected chi connectivity index (χ1v) is 11.1. The van der Waals surface area contributed by atoms with Crippen molar-refractivity contribution in [3.63, 3.8) is 0 Å². The van der Waals surface area contributed by atoms with Gasteiger partial charge in [-0.3, -0.25) is 4.79 Å². The van der Waals surface area contributed by atoms with E-state index in [1.807, 2.05) is 34.9 Å². The smallest absolute Gasteiger partial charge is 0.238 e. The number of rotatable bonds is 8. The van der Waals surface area contributed by atoms with Gasteiger partial charge in [-0.15, -0.1) is 0 Å². The lowest BCUT2D eigenvalue weighted by Crippen LogP contribution is -2.26. The maximum absolute atomic E-state index is 12.6. The third-order valence-corrected chi connectivity index (χ3v) is 5.74. The van der Waals surface area contributed by atoms with E-state index in [0.29, 0.717) is 24.9 Å². The summed E-state index contributed by atoms with van der Waals surface area (Å²) in [4.78, 5) is 18.9. The van der Waals surface area contributed by atoms with Crippen LogP contribution in [0.25, 0.3) is 11.0 Å². The van der Waals surface area contributed by atoms with E-state index in [9.17, 15) is 13.2 Å². The summed E-state index contributed by atoms with van der Waals surface area (Å²) in [6.45, 7) is 3.37. The van der Waals surface area contributed by atoms with Gasteiger partial charge in [-0.05, 0) is 30.2 Å². The summed E-state index contributed by atoms with van der Waals surface area (Å²) in [6.07, 6.45) is 1.72. The molecule has 3 aromatic rings. The molecule has 1 heterocycles. The average Bonchev–Trinajstić information content (AvgIpc) is 3.03. The molecule has 0 fully saturated rings. The fraction of sp³-hybridized carbons (Fsp3) is 0.333. The first-order valence-electron chi connectivity index (χ1n) is 9.59. The van der Waals surface area contributed by atoms with Crippen LogP contribution in [0.2, 0.25) is 0 Å². The molecular formula is C21H26N4O3S. The van der Waals surface area contributed by atoms with Crippen LogP contribution >= 0.6 is 0 Å². The summed E-state index contributed by atoms with van der Waals surface area (Å²) < 4.78 is 25.3. The van der Waals surface area contributed by atoms with Crippen LogP contribution in [0.15, 0.2) is 53.4 Å². The minimum absolute atomic E-state index is 0.0363. The van der Waals surface area contributed by atoms with Gasteiger partial charge in [0, 0.05) is 33.0 Å². The number of imidazole rings is 1. The van der Waals surface area contributed by atoms with E-state index >= 15 is 0 Å². The normalized spacial score (nSPS) is 11.7. The number of sulfonamides is 1. The number of nitrogens with two attached hydrogens (primary N) is 1. The number of benzene rings is 2. The first kappa shape index (κ1) is 21.0. The van der Waals surface area contributed by atoms with Gasteiger partial charge in [-0.1, -0.05) is 37.3 Å². The number of aryl methyl sites for hydroxylation is 2. The number of fused-ring (bicyclic) bond motifs is 1. The van der Waals surface area contributed by atoms with E-state index < -0.39 is 10.0 Å². The Morgan fingerprint density at radius 3 is 2.55 bits per heavy atom. The van der Waals surface area contributed by atoms with Crippen molar-refractivity contribution in [2.24, 2.45) is 5.14 Å². The van der Waals surface area contributed by atoms with Crippen LogP contribution in [-0.4, -0.2) is 35.8 Å². The molecule has 0 bridgehead atoms. The van der Waals surface area contributed by atoms with Gasteiger partial charge in [-0.25, -0.2) is 18.5 Å². The Labute approximate surface area is 171 Å². The van der Waals surface area contributed by atoms with Crippen molar-refractivity contribution in [1.82, 2.24) is 14.5 Å². The van der Waals surface area contributed by atoms with E-state index in [4.69, 9.17) is 5.14 Å². The lowest BCUT2D eigenvalue weighted by atomic mass is 10.2. The predicted molar refractivity (Wildman–Crippen MR) is 113 cm³/mol. The molecule has 0 radical (unpaired) electrons. The Bertz CT molecular complexity index is 1110. The summed E-state index contributed by atoms with van der Waals surface area (Å²) >= 11 is 0. The molecule has 0 spiro atoms. The molecule has 2 N–H and O–H groups in total. The van der Waals surface area contributed by atoms with Crippen molar-refractivity contribution in [3.8, 4) is 0 Å². The van der Waals surface area contributed by atoms with E-state index in [1.165, 1.54) is 12.1 Å². The number of nitrogens with zero attached hydrogens (tertiary/aromatic N) is 3. The van der Waals surface area contributed by atoms with Gasteiger partial charge >= 0.3 is 0 Å². The zero-order chi connectivity index (χ0) is 21.0. The van der Waals surface area contributed by atoms with E-state index in [0.717, 1.165) is 29.9 Å². The third kappa shape index (κ3) is 5.02. The third-order valence-electron chi connectivity index (χ3n) is 4.83. The molecule has 0 aliphatic heterocycles. The van der Waals surface area contributed by atoms with Crippen molar-refractivity contribution >= 4 is 27.0 Å². The molecule has 29 heavy (non-hydrogen) atoms. The Balaban J connectivity index is 1.77. The standard InChI is InChI=1S/C21H26N4O3S/c1-3-13-25-19-10-9-17(29(22,27)28)14-18(19)23-20(25)11-12-21(26)24(2)15-16-7-5-4-6-8-16/h4-10,14H,3,11-13,15H2,1-2H3,(H2,22,27,28). The molecule has 1 aromatic heterocycles. The van der Waals surface area contributed by atoms with Crippen LogP contribution < -0.4 is 5.14 Å². The molecule has 0 unspecified atom stereocenters. The van der Waals surface area contributed by atoms with E-state index in [2.05, 4.69) is 11.9 Å². The molecule has 1 amide bonds. The largest absolute Gasteiger partial charge is 0.341 e. The quantitative estimate of drug-likeness (QED) is 0.613. The highest BCUT2D eigenvalue weighted by molar-refractivity contribution is 7.89. The van der Waals surface area contributed by atoms with Crippen LogP contribution in [0, 0.1) is 0 Å². The van der Waals surface area contributed by atoms with Crippen molar-refractivity contribution in [2.45, 2.75) is 44.2 Å². The van der Waals surface area contributed by atoms with E-state index in [-0.39, 0.29) is 10.8 Å². The molecule has 0 aliphatic rings. The van der Waals surface area contributed by atoms with Crippen LogP contribution in [0.3, 0.4) is 0 Å². The number of aromatic nitrogens is 2. The Morgan fingerprint density at radius 1 is 1.17 bits per heavy atom. The summed E-state index contributed by atoms with van der Waals surface area (Å²) in [7, 11) is -1.99. The summed E-state index contributed by atoms with van der Waals surface area (Å²) in [5.41, 5.74) is 2.50. The second-order valence-electron chi connectivity index (χ2n) is 7.11. The number of primary sulfonamides is 1. The average molecular weight is 415 g/mol. The number of hydrogen-bond donors (Lipinski definition) is 1. The van der Waals surface area contributed by atoms with Crippen molar-refractivity contribution < 1.29 is 13.2 Å². The number of hydrogen-bond acceptors (Lipinski definition) is 4. The van der Waals surface area contributed by atoms with Crippen LogP contribution in [0.4, 0.5) is 0 Å². The second kappa shape index (κ2) is 8.75. The Morgan fingerprint density at radius 2 is 1.90 bits per heavy atom. The minimum Gasteiger partial charge on any atom is -0.341 e. The molecule has 0 saturated carbocycles. The lowest BCUT2D eigenvalue weighted by Gasteiger charge is -2.17. The zero-order valence-electron chi connectivity index (χ0n) is 16.7. The molecule has 0 saturated heterocycles. The number of carbonyl (C=O) groups excluding carboxylic acids is 1. The molecule has 2 aromatic carbocycles. The predicted octanol–water partition coefficient (Wildman–Crippen LogP) is 2.68. The molecule has 7 nitrogen and oxygen atoms in total. The van der Waals surface area contributed by atoms with Gasteiger partial charge in [-0.2, -0.15) is 0 Å². The number of carbonyl (C=O) groups is 1. The van der Waals surface area contributed by atoms with Crippen LogP contribution in [0.5, 0.6) is 0 Å². The SMILES string of the molecule is CCCn1c(CCC(=O)N(C)Cc2ccccc2)nc2cc(S(N)(=O)=O)ccc21. The molecule has 0 aliphatic carbocycles. The molecule has 3 rings (SSSR count). The summed E-state index contributed by atoms with van der Waals surface area (Å²) in [6, 6.07) is 14.6. The lowest BCUT2D eigenvalue weighted by molar-refractivity contribution is -0.130. The van der Waals surface area contributed by atoms with Crippen LogP contribution in [-0.2, 0) is 34.3 Å². The summed E-state index contributed by atoms with van der Waals surface area (Å²) in [5.74, 6) is 0.809. The summed E-state index contributed by atoms with van der Waals surface area (Å²) in [5, 5.41) is 5.23. The molecule has 8 heteroatoms. The monoisotopic (exact) mass is 414 g/mol. The highest BCUT2D eigenvalue weighted by Gasteiger charge is 2.16. The van der Waals surface area contributed by atoms with Crippen molar-refractivity contribution in [3.05, 3.63) is 59.9 Å². The van der Waals surface area contributed by atoms with Crippen molar-refractivity contribution in [1.29, 1.82) is 0 Å². The highest BCUT2D eigenvalue weighted by Crippen LogP contribution is 2.21. The van der Waals surface area contributed by atoms with Gasteiger partial charge < -0.3 is 9.47 Å². The Kier molecular flexibility index (Phi) is 6.34. The maximum Gasteiger partial charge on any atom is 0.238 e. The van der Waals surface area contributed by atoms with E-state index in [1.54, 1.807) is 18.0 Å². The minimum atomic E-state index is -3.79. The van der Waals surface area contributed by atoms with Crippen molar-refractivity contribution in [2.75, 3.05) is 7.05 Å². The number of amides is 1. The van der Waals surface area contributed by atoms with Crippen LogP contribution in [0.1, 0.15) is 31.2 Å². The maximum atomic E-state index is 12.6. The first-order chi connectivity index (χ1) is 13.8. The van der Waals surface area contributed by atoms with Gasteiger partial charge in [0.05, 0.1) is 15.9 Å². The molecule has 154 valence electrons. The van der Waals surface area contributed by atoms with Gasteiger partial charge in [0.2, 0.25) is 15.9 Å².